The van der Waals surface area contributed by atoms with Crippen LogP contribution in [0.4, 0.5) is 0 Å². The Labute approximate surface area is 108 Å². The highest BCUT2D eigenvalue weighted by molar-refractivity contribution is 8.03. The number of aryl methyl sites for hydroxylation is 1. The highest BCUT2D eigenvalue weighted by atomic mass is 32.2. The standard InChI is InChI=1S/C14H19NOS/c1-4-12-8-14(16-3)6-5-13(12)7-11(2)9-17-10-15/h5-6,8,11H,4,7,9H2,1-3H3. The first-order valence-corrected chi connectivity index (χ1v) is 6.86. The smallest absolute Gasteiger partial charge is 0.133 e. The van der Waals surface area contributed by atoms with Crippen molar-refractivity contribution in [3.05, 3.63) is 29.3 Å². The van der Waals surface area contributed by atoms with E-state index in [-0.39, 0.29) is 0 Å². The van der Waals surface area contributed by atoms with E-state index < -0.39 is 0 Å². The second-order valence-electron chi connectivity index (χ2n) is 4.20. The Balaban J connectivity index is 2.73. The number of hydrogen-bond donors (Lipinski definition) is 0. The lowest BCUT2D eigenvalue weighted by Gasteiger charge is -2.13. The topological polar surface area (TPSA) is 33.0 Å². The van der Waals surface area contributed by atoms with Gasteiger partial charge in [-0.2, -0.15) is 5.26 Å². The molecule has 0 fully saturated rings. The van der Waals surface area contributed by atoms with Crippen molar-refractivity contribution in [3.63, 3.8) is 0 Å². The van der Waals surface area contributed by atoms with E-state index in [1.165, 1.54) is 22.9 Å². The van der Waals surface area contributed by atoms with Crippen LogP contribution in [-0.4, -0.2) is 12.9 Å². The summed E-state index contributed by atoms with van der Waals surface area (Å²) in [5.74, 6) is 2.34. The molecule has 0 N–H and O–H groups in total. The molecule has 0 aliphatic carbocycles. The fourth-order valence-electron chi connectivity index (χ4n) is 1.87. The first-order valence-electron chi connectivity index (χ1n) is 5.87. The van der Waals surface area contributed by atoms with Crippen LogP contribution >= 0.6 is 11.8 Å². The zero-order chi connectivity index (χ0) is 12.7. The van der Waals surface area contributed by atoms with Crippen molar-refractivity contribution in [3.8, 4) is 11.2 Å². The van der Waals surface area contributed by atoms with Crippen LogP contribution in [0.2, 0.25) is 0 Å². The minimum Gasteiger partial charge on any atom is -0.497 e. The number of nitrogens with zero attached hydrogens (tertiary/aromatic N) is 1. The lowest BCUT2D eigenvalue weighted by atomic mass is 9.96. The third-order valence-corrected chi connectivity index (χ3v) is 3.66. The highest BCUT2D eigenvalue weighted by Gasteiger charge is 2.08. The summed E-state index contributed by atoms with van der Waals surface area (Å²) < 4.78 is 5.23. The number of ether oxygens (including phenoxy) is 1. The van der Waals surface area contributed by atoms with Gasteiger partial charge in [-0.05, 0) is 53.8 Å². The van der Waals surface area contributed by atoms with Gasteiger partial charge in [-0.15, -0.1) is 0 Å². The average Bonchev–Trinajstić information content (AvgIpc) is 2.36. The van der Waals surface area contributed by atoms with Crippen LogP contribution in [0.25, 0.3) is 0 Å². The average molecular weight is 249 g/mol. The molecule has 0 heterocycles. The second-order valence-corrected chi connectivity index (χ2v) is 5.00. The molecule has 0 aliphatic heterocycles. The van der Waals surface area contributed by atoms with Gasteiger partial charge in [-0.25, -0.2) is 0 Å². The van der Waals surface area contributed by atoms with Crippen LogP contribution in [-0.2, 0) is 12.8 Å². The number of benzene rings is 1. The maximum Gasteiger partial charge on any atom is 0.133 e. The third-order valence-electron chi connectivity index (χ3n) is 2.80. The summed E-state index contributed by atoms with van der Waals surface area (Å²) in [7, 11) is 1.70. The van der Waals surface area contributed by atoms with Gasteiger partial charge in [0, 0.05) is 5.75 Å². The first-order chi connectivity index (χ1) is 8.21. The summed E-state index contributed by atoms with van der Waals surface area (Å²) in [6, 6.07) is 6.27. The number of methoxy groups -OCH3 is 1. The Hall–Kier alpha value is -1.14. The van der Waals surface area contributed by atoms with Crippen molar-refractivity contribution in [1.82, 2.24) is 0 Å². The molecule has 1 aromatic carbocycles. The molecule has 1 rings (SSSR count). The van der Waals surface area contributed by atoms with Gasteiger partial charge in [0.05, 0.1) is 7.11 Å². The van der Waals surface area contributed by atoms with Crippen LogP contribution in [0.1, 0.15) is 25.0 Å². The van der Waals surface area contributed by atoms with E-state index >= 15 is 0 Å². The van der Waals surface area contributed by atoms with Crippen LogP contribution in [0, 0.1) is 16.6 Å². The molecule has 0 radical (unpaired) electrons. The Bertz CT molecular complexity index is 398. The fourth-order valence-corrected chi connectivity index (χ4v) is 2.35. The van der Waals surface area contributed by atoms with Gasteiger partial charge < -0.3 is 4.74 Å². The van der Waals surface area contributed by atoms with Crippen molar-refractivity contribution < 1.29 is 4.74 Å². The van der Waals surface area contributed by atoms with Crippen molar-refractivity contribution in [2.24, 2.45) is 5.92 Å². The predicted octanol–water partition coefficient (Wildman–Crippen LogP) is 3.65. The maximum atomic E-state index is 8.55. The van der Waals surface area contributed by atoms with Crippen molar-refractivity contribution in [2.75, 3.05) is 12.9 Å². The molecule has 1 atom stereocenters. The monoisotopic (exact) mass is 249 g/mol. The number of hydrogen-bond acceptors (Lipinski definition) is 3. The molecule has 92 valence electrons. The van der Waals surface area contributed by atoms with Crippen molar-refractivity contribution in [1.29, 1.82) is 5.26 Å². The molecule has 17 heavy (non-hydrogen) atoms. The summed E-state index contributed by atoms with van der Waals surface area (Å²) in [6.45, 7) is 4.35. The SMILES string of the molecule is CCc1cc(OC)ccc1CC(C)CSC#N. The lowest BCUT2D eigenvalue weighted by Crippen LogP contribution is -2.05. The Morgan fingerprint density at radius 3 is 2.76 bits per heavy atom. The van der Waals surface area contributed by atoms with Crippen LogP contribution in [0.15, 0.2) is 18.2 Å². The molecule has 0 saturated carbocycles. The van der Waals surface area contributed by atoms with Crippen LogP contribution in [0.5, 0.6) is 5.75 Å². The molecule has 0 amide bonds. The van der Waals surface area contributed by atoms with Gasteiger partial charge in [0.1, 0.15) is 11.2 Å². The molecule has 0 saturated heterocycles. The summed E-state index contributed by atoms with van der Waals surface area (Å²) in [5.41, 5.74) is 2.72. The van der Waals surface area contributed by atoms with Gasteiger partial charge in [-0.1, -0.05) is 19.9 Å². The minimum absolute atomic E-state index is 0.526. The largest absolute Gasteiger partial charge is 0.497 e. The molecule has 0 aliphatic rings. The second kappa shape index (κ2) is 7.24. The van der Waals surface area contributed by atoms with E-state index in [0.29, 0.717) is 5.92 Å². The number of nitriles is 1. The normalized spacial score (nSPS) is 11.9. The van der Waals surface area contributed by atoms with E-state index in [1.54, 1.807) is 7.11 Å². The summed E-state index contributed by atoms with van der Waals surface area (Å²) in [4.78, 5) is 0. The number of thioether (sulfide) groups is 1. The zero-order valence-electron chi connectivity index (χ0n) is 10.7. The van der Waals surface area contributed by atoms with E-state index in [9.17, 15) is 0 Å². The van der Waals surface area contributed by atoms with Gasteiger partial charge >= 0.3 is 0 Å². The highest BCUT2D eigenvalue weighted by Crippen LogP contribution is 2.22. The number of thiocyanates is 1. The van der Waals surface area contributed by atoms with Gasteiger partial charge in [0.25, 0.3) is 0 Å². The maximum absolute atomic E-state index is 8.55. The Kier molecular flexibility index (Phi) is 5.93. The summed E-state index contributed by atoms with van der Waals surface area (Å²) in [5, 5.41) is 10.7. The number of rotatable bonds is 6. The molecule has 0 spiro atoms. The predicted molar refractivity (Wildman–Crippen MR) is 73.3 cm³/mol. The van der Waals surface area contributed by atoms with E-state index in [1.807, 2.05) is 6.07 Å². The summed E-state index contributed by atoms with van der Waals surface area (Å²) >= 11 is 1.34. The third kappa shape index (κ3) is 4.32. The van der Waals surface area contributed by atoms with Gasteiger partial charge in [0.15, 0.2) is 0 Å². The molecule has 2 nitrogen and oxygen atoms in total. The Morgan fingerprint density at radius 1 is 1.41 bits per heavy atom. The van der Waals surface area contributed by atoms with Gasteiger partial charge in [0.2, 0.25) is 0 Å². The van der Waals surface area contributed by atoms with E-state index in [0.717, 1.165) is 24.3 Å². The van der Waals surface area contributed by atoms with Crippen molar-refractivity contribution >= 4 is 11.8 Å². The molecule has 1 unspecified atom stereocenters. The quantitative estimate of drug-likeness (QED) is 0.721. The first kappa shape index (κ1) is 13.9. The molecule has 0 aromatic heterocycles. The molecule has 0 bridgehead atoms. The zero-order valence-corrected chi connectivity index (χ0v) is 11.5. The van der Waals surface area contributed by atoms with Crippen molar-refractivity contribution in [2.45, 2.75) is 26.7 Å². The summed E-state index contributed by atoms with van der Waals surface area (Å²) in [6.07, 6.45) is 2.05. The molecular formula is C14H19NOS. The Morgan fingerprint density at radius 2 is 2.18 bits per heavy atom. The molecule has 1 aromatic rings. The van der Waals surface area contributed by atoms with E-state index in [4.69, 9.17) is 10.00 Å². The minimum atomic E-state index is 0.526. The molecule has 3 heteroatoms. The van der Waals surface area contributed by atoms with Crippen LogP contribution < -0.4 is 4.74 Å². The van der Waals surface area contributed by atoms with Crippen LogP contribution in [0.3, 0.4) is 0 Å². The molecular weight excluding hydrogens is 230 g/mol. The van der Waals surface area contributed by atoms with E-state index in [2.05, 4.69) is 31.4 Å². The fraction of sp³-hybridized carbons (Fsp3) is 0.500. The lowest BCUT2D eigenvalue weighted by molar-refractivity contribution is 0.414. The van der Waals surface area contributed by atoms with Gasteiger partial charge in [-0.3, -0.25) is 0 Å².